The Labute approximate surface area is 149 Å². The van der Waals surface area contributed by atoms with Gasteiger partial charge in [0, 0.05) is 57.9 Å². The monoisotopic (exact) mass is 344 g/mol. The lowest BCUT2D eigenvalue weighted by atomic mass is 10.2. The summed E-state index contributed by atoms with van der Waals surface area (Å²) in [5.74, 6) is 0.202. The van der Waals surface area contributed by atoms with Crippen LogP contribution in [0.5, 0.6) is 0 Å². The first-order valence-corrected chi connectivity index (χ1v) is 9.32. The van der Waals surface area contributed by atoms with Gasteiger partial charge in [-0.25, -0.2) is 4.79 Å². The van der Waals surface area contributed by atoms with E-state index in [2.05, 4.69) is 16.3 Å². The Kier molecular flexibility index (Phi) is 5.91. The fraction of sp³-hybridized carbons (Fsp3) is 0.579. The number of nitrogens with one attached hydrogen (secondary N) is 1. The highest BCUT2D eigenvalue weighted by Crippen LogP contribution is 2.27. The van der Waals surface area contributed by atoms with Crippen LogP contribution in [0.25, 0.3) is 0 Å². The number of amides is 3. The van der Waals surface area contributed by atoms with Gasteiger partial charge in [0.15, 0.2) is 0 Å². The van der Waals surface area contributed by atoms with Crippen LogP contribution in [0.3, 0.4) is 0 Å². The van der Waals surface area contributed by atoms with Crippen molar-refractivity contribution in [2.45, 2.75) is 26.2 Å². The van der Waals surface area contributed by atoms with E-state index in [0.29, 0.717) is 6.42 Å². The zero-order chi connectivity index (χ0) is 17.6. The van der Waals surface area contributed by atoms with E-state index in [9.17, 15) is 9.59 Å². The number of hydrogen-bond donors (Lipinski definition) is 1. The number of fused-ring (bicyclic) bond motifs is 1. The molecule has 136 valence electrons. The number of piperazine rings is 1. The highest BCUT2D eigenvalue weighted by Gasteiger charge is 2.25. The summed E-state index contributed by atoms with van der Waals surface area (Å²) < 4.78 is 0. The van der Waals surface area contributed by atoms with E-state index in [-0.39, 0.29) is 11.9 Å². The molecule has 25 heavy (non-hydrogen) atoms. The Balaban J connectivity index is 1.42. The summed E-state index contributed by atoms with van der Waals surface area (Å²) in [6.07, 6.45) is 2.44. The third-order valence-corrected chi connectivity index (χ3v) is 5.02. The molecule has 0 spiro atoms. The normalized spacial score (nSPS) is 17.5. The maximum Gasteiger partial charge on any atom is 0.317 e. The number of carbonyl (C=O) groups excluding carboxylic acids is 2. The van der Waals surface area contributed by atoms with Crippen LogP contribution in [-0.4, -0.2) is 67.6 Å². The first-order chi connectivity index (χ1) is 12.2. The number of nitrogens with zero attached hydrogens (tertiary/aromatic N) is 3. The predicted octanol–water partition coefficient (Wildman–Crippen LogP) is 1.70. The van der Waals surface area contributed by atoms with Crippen molar-refractivity contribution in [1.82, 2.24) is 15.1 Å². The summed E-state index contributed by atoms with van der Waals surface area (Å²) in [5, 5.41) is 2.92. The zero-order valence-electron chi connectivity index (χ0n) is 15.0. The van der Waals surface area contributed by atoms with E-state index in [1.165, 1.54) is 5.56 Å². The van der Waals surface area contributed by atoms with Gasteiger partial charge in [0.05, 0.1) is 0 Å². The number of anilines is 1. The van der Waals surface area contributed by atoms with Gasteiger partial charge >= 0.3 is 6.03 Å². The van der Waals surface area contributed by atoms with Crippen LogP contribution in [0.2, 0.25) is 0 Å². The molecule has 0 bridgehead atoms. The number of benzene rings is 1. The summed E-state index contributed by atoms with van der Waals surface area (Å²) in [4.78, 5) is 30.6. The highest BCUT2D eigenvalue weighted by atomic mass is 16.2. The lowest BCUT2D eigenvalue weighted by Crippen LogP contribution is -2.52. The van der Waals surface area contributed by atoms with Crippen molar-refractivity contribution in [3.8, 4) is 0 Å². The second-order valence-electron chi connectivity index (χ2n) is 6.73. The van der Waals surface area contributed by atoms with Gasteiger partial charge in [-0.15, -0.1) is 0 Å². The molecule has 3 rings (SSSR count). The van der Waals surface area contributed by atoms with Crippen molar-refractivity contribution in [3.63, 3.8) is 0 Å². The second kappa shape index (κ2) is 8.34. The van der Waals surface area contributed by atoms with Crippen LogP contribution in [0, 0.1) is 0 Å². The van der Waals surface area contributed by atoms with E-state index >= 15 is 0 Å². The summed E-state index contributed by atoms with van der Waals surface area (Å²) in [7, 11) is 0. The van der Waals surface area contributed by atoms with Crippen LogP contribution >= 0.6 is 0 Å². The van der Waals surface area contributed by atoms with Gasteiger partial charge in [-0.3, -0.25) is 9.69 Å². The van der Waals surface area contributed by atoms with Crippen molar-refractivity contribution >= 4 is 17.6 Å². The fourth-order valence-electron chi connectivity index (χ4n) is 3.50. The number of carbonyl (C=O) groups is 2. The molecule has 2 aliphatic heterocycles. The van der Waals surface area contributed by atoms with E-state index in [4.69, 9.17) is 0 Å². The van der Waals surface area contributed by atoms with Gasteiger partial charge < -0.3 is 15.1 Å². The van der Waals surface area contributed by atoms with Gasteiger partial charge in [-0.05, 0) is 24.5 Å². The molecule has 0 radical (unpaired) electrons. The van der Waals surface area contributed by atoms with Crippen molar-refractivity contribution in [2.75, 3.05) is 50.7 Å². The molecule has 3 amide bonds. The van der Waals surface area contributed by atoms with Crippen molar-refractivity contribution < 1.29 is 9.59 Å². The molecule has 2 heterocycles. The Morgan fingerprint density at radius 2 is 1.84 bits per heavy atom. The summed E-state index contributed by atoms with van der Waals surface area (Å²) in [6, 6.07) is 8.20. The van der Waals surface area contributed by atoms with Gasteiger partial charge in [0.25, 0.3) is 0 Å². The maximum atomic E-state index is 12.6. The molecule has 0 unspecified atom stereocenters. The molecule has 1 aromatic carbocycles. The van der Waals surface area contributed by atoms with Crippen molar-refractivity contribution in [2.24, 2.45) is 0 Å². The SMILES string of the molecule is CCCNC(=O)N1CCN(CCC(=O)N2CCc3ccccc32)CC1. The molecular weight excluding hydrogens is 316 g/mol. The van der Waals surface area contributed by atoms with Crippen LogP contribution in [0.4, 0.5) is 10.5 Å². The van der Waals surface area contributed by atoms with E-state index < -0.39 is 0 Å². The Morgan fingerprint density at radius 3 is 2.60 bits per heavy atom. The first kappa shape index (κ1) is 17.7. The standard InChI is InChI=1S/C19H28N4O2/c1-2-9-20-19(25)22-14-12-21(13-15-22)10-8-18(24)23-11-7-16-5-3-4-6-17(16)23/h3-6H,2,7-15H2,1H3,(H,20,25). The minimum Gasteiger partial charge on any atom is -0.338 e. The molecule has 1 aromatic rings. The smallest absolute Gasteiger partial charge is 0.317 e. The van der Waals surface area contributed by atoms with Gasteiger partial charge in [0.2, 0.25) is 5.91 Å². The van der Waals surface area contributed by atoms with Crippen LogP contribution in [-0.2, 0) is 11.2 Å². The molecular formula is C19H28N4O2. The highest BCUT2D eigenvalue weighted by molar-refractivity contribution is 5.95. The third kappa shape index (κ3) is 4.31. The molecule has 0 saturated carbocycles. The summed E-state index contributed by atoms with van der Waals surface area (Å²) in [6.45, 7) is 7.48. The molecule has 2 aliphatic rings. The van der Waals surface area contributed by atoms with Crippen LogP contribution in [0.15, 0.2) is 24.3 Å². The van der Waals surface area contributed by atoms with E-state index in [1.807, 2.05) is 34.9 Å². The number of rotatable bonds is 5. The van der Waals surface area contributed by atoms with E-state index in [0.717, 1.165) is 64.3 Å². The largest absolute Gasteiger partial charge is 0.338 e. The number of hydrogen-bond acceptors (Lipinski definition) is 3. The molecule has 0 aliphatic carbocycles. The molecule has 1 N–H and O–H groups in total. The van der Waals surface area contributed by atoms with Crippen molar-refractivity contribution in [3.05, 3.63) is 29.8 Å². The molecule has 1 saturated heterocycles. The third-order valence-electron chi connectivity index (χ3n) is 5.02. The summed E-state index contributed by atoms with van der Waals surface area (Å²) in [5.41, 5.74) is 2.34. The molecule has 0 aromatic heterocycles. The second-order valence-corrected chi connectivity index (χ2v) is 6.73. The Bertz CT molecular complexity index is 611. The Morgan fingerprint density at radius 1 is 1.08 bits per heavy atom. The van der Waals surface area contributed by atoms with Gasteiger partial charge in [-0.2, -0.15) is 0 Å². The van der Waals surface area contributed by atoms with Gasteiger partial charge in [-0.1, -0.05) is 25.1 Å². The Hall–Kier alpha value is -2.08. The average molecular weight is 344 g/mol. The lowest BCUT2D eigenvalue weighted by molar-refractivity contribution is -0.118. The topological polar surface area (TPSA) is 55.9 Å². The van der Waals surface area contributed by atoms with Crippen molar-refractivity contribution in [1.29, 1.82) is 0 Å². The minimum absolute atomic E-state index is 0.0336. The van der Waals surface area contributed by atoms with Gasteiger partial charge in [0.1, 0.15) is 0 Å². The van der Waals surface area contributed by atoms with Crippen LogP contribution in [0.1, 0.15) is 25.3 Å². The predicted molar refractivity (Wildman–Crippen MR) is 98.8 cm³/mol. The average Bonchev–Trinajstić information content (AvgIpc) is 3.09. The van der Waals surface area contributed by atoms with Crippen LogP contribution < -0.4 is 10.2 Å². The summed E-state index contributed by atoms with van der Waals surface area (Å²) >= 11 is 0. The van der Waals surface area contributed by atoms with E-state index in [1.54, 1.807) is 0 Å². The molecule has 1 fully saturated rings. The first-order valence-electron chi connectivity index (χ1n) is 9.32. The minimum atomic E-state index is 0.0336. The number of urea groups is 1. The number of para-hydroxylation sites is 1. The fourth-order valence-corrected chi connectivity index (χ4v) is 3.50. The maximum absolute atomic E-state index is 12.6. The zero-order valence-corrected chi connectivity index (χ0v) is 15.0. The molecule has 0 atom stereocenters. The lowest BCUT2D eigenvalue weighted by Gasteiger charge is -2.34. The molecule has 6 heteroatoms. The molecule has 6 nitrogen and oxygen atoms in total. The quantitative estimate of drug-likeness (QED) is 0.885.